The number of ether oxygens (including phenoxy) is 3. The predicted octanol–water partition coefficient (Wildman–Crippen LogP) is 3.66. The van der Waals surface area contributed by atoms with Crippen LogP contribution in [0, 0.1) is 0 Å². The van der Waals surface area contributed by atoms with Crippen molar-refractivity contribution in [3.05, 3.63) is 35.5 Å². The standard InChI is InChI=1S/C18H25F3O5/c1-13-7-8-16(26-12-17(22)23)15(24-2)6-4-3-5-14(18(19,20)21)9-10-25-11-13/h4,6-7,9,15-16H,3,5,8,10-12H2,1-2H3,(H,22,23)/b6-4+,13-7-,14-9+/t15-,16-/m0/s1. The van der Waals surface area contributed by atoms with E-state index >= 15 is 0 Å². The molecule has 148 valence electrons. The van der Waals surface area contributed by atoms with Crippen LogP contribution < -0.4 is 0 Å². The van der Waals surface area contributed by atoms with Gasteiger partial charge in [0.25, 0.3) is 0 Å². The summed E-state index contributed by atoms with van der Waals surface area (Å²) in [4.78, 5) is 10.8. The highest BCUT2D eigenvalue weighted by atomic mass is 19.4. The first kappa shape index (κ1) is 22.4. The normalized spacial score (nSPS) is 29.0. The molecular formula is C18H25F3O5. The fourth-order valence-corrected chi connectivity index (χ4v) is 2.41. The molecule has 0 amide bonds. The number of carboxylic acid groups (broad SMARTS) is 1. The van der Waals surface area contributed by atoms with Gasteiger partial charge in [-0.2, -0.15) is 13.2 Å². The second-order valence-electron chi connectivity index (χ2n) is 5.94. The summed E-state index contributed by atoms with van der Waals surface area (Å²) >= 11 is 0. The van der Waals surface area contributed by atoms with E-state index in [9.17, 15) is 18.0 Å². The highest BCUT2D eigenvalue weighted by Gasteiger charge is 2.32. The Morgan fingerprint density at radius 2 is 2.12 bits per heavy atom. The van der Waals surface area contributed by atoms with Crippen molar-refractivity contribution in [2.45, 2.75) is 44.6 Å². The molecule has 2 atom stereocenters. The number of hydrogen-bond donors (Lipinski definition) is 1. The number of alkyl halides is 3. The summed E-state index contributed by atoms with van der Waals surface area (Å²) in [6.07, 6.45) is 0.956. The van der Waals surface area contributed by atoms with E-state index in [1.807, 2.05) is 6.08 Å². The minimum atomic E-state index is -4.40. The van der Waals surface area contributed by atoms with Gasteiger partial charge in [0.15, 0.2) is 0 Å². The average molecular weight is 378 g/mol. The van der Waals surface area contributed by atoms with Gasteiger partial charge in [0.05, 0.1) is 19.3 Å². The van der Waals surface area contributed by atoms with Gasteiger partial charge in [-0.3, -0.25) is 0 Å². The first-order valence-electron chi connectivity index (χ1n) is 8.26. The van der Waals surface area contributed by atoms with Gasteiger partial charge in [-0.15, -0.1) is 0 Å². The molecule has 0 aromatic carbocycles. The number of carbonyl (C=O) groups is 1. The summed E-state index contributed by atoms with van der Waals surface area (Å²) in [5, 5.41) is 8.81. The third kappa shape index (κ3) is 8.64. The van der Waals surface area contributed by atoms with Crippen LogP contribution in [0.5, 0.6) is 0 Å². The van der Waals surface area contributed by atoms with Crippen molar-refractivity contribution < 1.29 is 37.3 Å². The Kier molecular flexibility index (Phi) is 9.61. The molecule has 1 rings (SSSR count). The number of hydrogen-bond acceptors (Lipinski definition) is 4. The summed E-state index contributed by atoms with van der Waals surface area (Å²) in [5.74, 6) is -1.10. The summed E-state index contributed by atoms with van der Waals surface area (Å²) in [5.41, 5.74) is 0.181. The van der Waals surface area contributed by atoms with Crippen LogP contribution in [0.4, 0.5) is 13.2 Å². The van der Waals surface area contributed by atoms with Gasteiger partial charge in [0.1, 0.15) is 12.7 Å². The lowest BCUT2D eigenvalue weighted by atomic mass is 10.1. The number of methoxy groups -OCH3 is 1. The van der Waals surface area contributed by atoms with Gasteiger partial charge in [0.2, 0.25) is 0 Å². The maximum Gasteiger partial charge on any atom is 0.412 e. The summed E-state index contributed by atoms with van der Waals surface area (Å²) in [6.45, 7) is 1.36. The zero-order chi connectivity index (χ0) is 19.6. The first-order chi connectivity index (χ1) is 12.2. The van der Waals surface area contributed by atoms with Gasteiger partial charge < -0.3 is 19.3 Å². The van der Waals surface area contributed by atoms with E-state index in [-0.39, 0.29) is 26.1 Å². The van der Waals surface area contributed by atoms with Crippen LogP contribution in [-0.4, -0.2) is 56.4 Å². The molecule has 0 aromatic heterocycles. The van der Waals surface area contributed by atoms with Crippen LogP contribution in [0.3, 0.4) is 0 Å². The fourth-order valence-electron chi connectivity index (χ4n) is 2.41. The Morgan fingerprint density at radius 3 is 2.73 bits per heavy atom. The van der Waals surface area contributed by atoms with E-state index in [1.165, 1.54) is 7.11 Å². The number of halogens is 3. The molecule has 0 aliphatic carbocycles. The van der Waals surface area contributed by atoms with E-state index in [1.54, 1.807) is 19.1 Å². The maximum atomic E-state index is 13.0. The number of carboxylic acids is 1. The third-order valence-electron chi connectivity index (χ3n) is 3.81. The molecule has 1 heterocycles. The largest absolute Gasteiger partial charge is 0.480 e. The SMILES string of the molecule is CO[C@H]1/C=C/CC/C(C(F)(F)F)=C\COC/C(C)=C\C[C@@H]1OCC(=O)O. The molecule has 1 aliphatic heterocycles. The predicted molar refractivity (Wildman–Crippen MR) is 89.9 cm³/mol. The molecule has 0 radical (unpaired) electrons. The van der Waals surface area contributed by atoms with Crippen LogP contribution in [-0.2, 0) is 19.0 Å². The molecule has 0 spiro atoms. The van der Waals surface area contributed by atoms with E-state index in [0.717, 1.165) is 11.6 Å². The zero-order valence-corrected chi connectivity index (χ0v) is 14.9. The molecule has 0 aromatic rings. The Bertz CT molecular complexity index is 537. The average Bonchev–Trinajstić information content (AvgIpc) is 2.55. The molecular weight excluding hydrogens is 353 g/mol. The van der Waals surface area contributed by atoms with Crippen LogP contribution in [0.2, 0.25) is 0 Å². The fraction of sp³-hybridized carbons (Fsp3) is 0.611. The molecule has 5 nitrogen and oxygen atoms in total. The van der Waals surface area contributed by atoms with Crippen LogP contribution >= 0.6 is 0 Å². The minimum Gasteiger partial charge on any atom is -0.480 e. The molecule has 0 saturated carbocycles. The summed E-state index contributed by atoms with van der Waals surface area (Å²) < 4.78 is 55.0. The van der Waals surface area contributed by atoms with Gasteiger partial charge in [-0.1, -0.05) is 29.9 Å². The molecule has 8 heteroatoms. The van der Waals surface area contributed by atoms with Crippen molar-refractivity contribution in [3.8, 4) is 0 Å². The van der Waals surface area contributed by atoms with Gasteiger partial charge in [0, 0.05) is 12.7 Å². The third-order valence-corrected chi connectivity index (χ3v) is 3.81. The maximum absolute atomic E-state index is 13.0. The Labute approximate surface area is 151 Å². The Morgan fingerprint density at radius 1 is 1.38 bits per heavy atom. The minimum absolute atomic E-state index is 0.122. The first-order valence-corrected chi connectivity index (χ1v) is 8.26. The smallest absolute Gasteiger partial charge is 0.412 e. The van der Waals surface area contributed by atoms with E-state index in [0.29, 0.717) is 6.42 Å². The lowest BCUT2D eigenvalue weighted by molar-refractivity contribution is -0.146. The van der Waals surface area contributed by atoms with Crippen molar-refractivity contribution in [2.75, 3.05) is 26.9 Å². The number of rotatable bonds is 4. The van der Waals surface area contributed by atoms with Crippen molar-refractivity contribution >= 4 is 5.97 Å². The van der Waals surface area contributed by atoms with Crippen molar-refractivity contribution in [1.82, 2.24) is 0 Å². The molecule has 0 bridgehead atoms. The second-order valence-corrected chi connectivity index (χ2v) is 5.94. The molecule has 26 heavy (non-hydrogen) atoms. The van der Waals surface area contributed by atoms with Gasteiger partial charge in [-0.05, 0) is 26.2 Å². The number of allylic oxidation sites excluding steroid dienone is 2. The topological polar surface area (TPSA) is 65.0 Å². The number of aliphatic carboxylic acids is 1. The monoisotopic (exact) mass is 378 g/mol. The molecule has 0 saturated heterocycles. The molecule has 1 aliphatic rings. The molecule has 0 unspecified atom stereocenters. The van der Waals surface area contributed by atoms with Gasteiger partial charge >= 0.3 is 12.1 Å². The lowest BCUT2D eigenvalue weighted by Gasteiger charge is -2.23. The van der Waals surface area contributed by atoms with Crippen LogP contribution in [0.25, 0.3) is 0 Å². The van der Waals surface area contributed by atoms with Crippen LogP contribution in [0.1, 0.15) is 26.2 Å². The van der Waals surface area contributed by atoms with E-state index in [4.69, 9.17) is 19.3 Å². The Hall–Kier alpha value is -1.64. The second kappa shape index (κ2) is 11.2. The zero-order valence-electron chi connectivity index (χ0n) is 14.9. The highest BCUT2D eigenvalue weighted by Crippen LogP contribution is 2.29. The van der Waals surface area contributed by atoms with E-state index in [2.05, 4.69) is 0 Å². The van der Waals surface area contributed by atoms with E-state index < -0.39 is 36.5 Å². The summed E-state index contributed by atoms with van der Waals surface area (Å²) in [6, 6.07) is 0. The highest BCUT2D eigenvalue weighted by molar-refractivity contribution is 5.68. The van der Waals surface area contributed by atoms with Crippen molar-refractivity contribution in [3.63, 3.8) is 0 Å². The Balaban J connectivity index is 2.96. The molecule has 0 fully saturated rings. The summed E-state index contributed by atoms with van der Waals surface area (Å²) in [7, 11) is 1.44. The van der Waals surface area contributed by atoms with Crippen molar-refractivity contribution in [1.29, 1.82) is 0 Å². The van der Waals surface area contributed by atoms with Gasteiger partial charge in [-0.25, -0.2) is 4.79 Å². The molecule has 1 N–H and O–H groups in total. The lowest BCUT2D eigenvalue weighted by Crippen LogP contribution is -2.31. The quantitative estimate of drug-likeness (QED) is 0.757. The van der Waals surface area contributed by atoms with Crippen LogP contribution in [0.15, 0.2) is 35.5 Å². The van der Waals surface area contributed by atoms with Crippen molar-refractivity contribution in [2.24, 2.45) is 0 Å².